The molecule has 0 saturated carbocycles. The van der Waals surface area contributed by atoms with Crippen LogP contribution in [0.15, 0.2) is 30.3 Å². The number of hydrogen-bond acceptors (Lipinski definition) is 3. The fraction of sp³-hybridized carbons (Fsp3) is 0.381. The summed E-state index contributed by atoms with van der Waals surface area (Å²) in [6.07, 6.45) is 3.27. The van der Waals surface area contributed by atoms with Crippen molar-refractivity contribution in [2.75, 3.05) is 26.2 Å². The molecule has 2 aromatic rings. The molecule has 0 spiro atoms. The summed E-state index contributed by atoms with van der Waals surface area (Å²) in [5, 5.41) is 5.03. The molecule has 1 saturated heterocycles. The fourth-order valence-corrected chi connectivity index (χ4v) is 3.53. The van der Waals surface area contributed by atoms with E-state index in [1.54, 1.807) is 27.5 Å². The lowest BCUT2D eigenvalue weighted by Crippen LogP contribution is -2.49. The van der Waals surface area contributed by atoms with Gasteiger partial charge in [-0.25, -0.2) is 4.68 Å². The summed E-state index contributed by atoms with van der Waals surface area (Å²) in [5.41, 5.74) is 3.86. The maximum absolute atomic E-state index is 12.5. The summed E-state index contributed by atoms with van der Waals surface area (Å²) in [5.74, 6) is -0.0315. The monoisotopic (exact) mass is 400 g/mol. The largest absolute Gasteiger partial charge is 0.339 e. The molecule has 148 valence electrons. The van der Waals surface area contributed by atoms with Crippen molar-refractivity contribution in [1.29, 1.82) is 0 Å². The van der Waals surface area contributed by atoms with E-state index in [2.05, 4.69) is 36.3 Å². The third-order valence-electron chi connectivity index (χ3n) is 4.99. The number of piperazine rings is 1. The highest BCUT2D eigenvalue weighted by Crippen LogP contribution is 2.22. The molecular formula is C21H25ClN4O2. The van der Waals surface area contributed by atoms with E-state index in [1.807, 2.05) is 6.92 Å². The van der Waals surface area contributed by atoms with Gasteiger partial charge in [0.2, 0.25) is 11.8 Å². The lowest BCUT2D eigenvalue weighted by atomic mass is 10.1. The van der Waals surface area contributed by atoms with Crippen molar-refractivity contribution in [3.63, 3.8) is 0 Å². The van der Waals surface area contributed by atoms with E-state index >= 15 is 0 Å². The van der Waals surface area contributed by atoms with Crippen LogP contribution in [-0.4, -0.2) is 57.6 Å². The lowest BCUT2D eigenvalue weighted by Gasteiger charge is -2.33. The molecule has 2 amide bonds. The van der Waals surface area contributed by atoms with Crippen LogP contribution in [0.2, 0.25) is 5.15 Å². The number of nitrogens with zero attached hydrogens (tertiary/aromatic N) is 4. The van der Waals surface area contributed by atoms with Crippen LogP contribution in [0.25, 0.3) is 6.08 Å². The molecule has 1 aromatic carbocycles. The Labute approximate surface area is 170 Å². The van der Waals surface area contributed by atoms with Gasteiger partial charge in [0.1, 0.15) is 5.15 Å². The van der Waals surface area contributed by atoms with Crippen LogP contribution in [-0.2, 0) is 16.1 Å². The molecule has 0 bridgehead atoms. The van der Waals surface area contributed by atoms with Gasteiger partial charge in [0.15, 0.2) is 0 Å². The zero-order valence-corrected chi connectivity index (χ0v) is 17.2. The molecule has 1 aliphatic heterocycles. The van der Waals surface area contributed by atoms with E-state index in [-0.39, 0.29) is 11.8 Å². The molecule has 0 aliphatic carbocycles. The van der Waals surface area contributed by atoms with E-state index in [1.165, 1.54) is 11.6 Å². The molecule has 28 heavy (non-hydrogen) atoms. The quantitative estimate of drug-likeness (QED) is 0.741. The average Bonchev–Trinajstić information content (AvgIpc) is 2.94. The number of carbonyl (C=O) groups excluding carboxylic acids is 2. The van der Waals surface area contributed by atoms with Crippen LogP contribution in [0.1, 0.15) is 29.3 Å². The highest BCUT2D eigenvalue weighted by molar-refractivity contribution is 6.31. The minimum atomic E-state index is -0.0787. The third-order valence-corrected chi connectivity index (χ3v) is 5.39. The van der Waals surface area contributed by atoms with E-state index < -0.39 is 0 Å². The van der Waals surface area contributed by atoms with Gasteiger partial charge >= 0.3 is 0 Å². The molecule has 7 heteroatoms. The maximum Gasteiger partial charge on any atom is 0.246 e. The van der Waals surface area contributed by atoms with Crippen LogP contribution in [0.5, 0.6) is 0 Å². The number of hydrogen-bond donors (Lipinski definition) is 0. The van der Waals surface area contributed by atoms with Gasteiger partial charge in [0.25, 0.3) is 0 Å². The number of aryl methyl sites for hydroxylation is 2. The van der Waals surface area contributed by atoms with Crippen molar-refractivity contribution in [3.8, 4) is 0 Å². The molecule has 3 rings (SSSR count). The van der Waals surface area contributed by atoms with Crippen molar-refractivity contribution < 1.29 is 9.59 Å². The Bertz CT molecular complexity index is 894. The van der Waals surface area contributed by atoms with E-state index in [4.69, 9.17) is 11.6 Å². The third kappa shape index (κ3) is 4.62. The summed E-state index contributed by atoms with van der Waals surface area (Å²) < 4.78 is 1.75. The first kappa shape index (κ1) is 20.1. The first-order valence-corrected chi connectivity index (χ1v) is 9.74. The summed E-state index contributed by atoms with van der Waals surface area (Å²) in [6.45, 7) is 8.30. The minimum absolute atomic E-state index is 0.0473. The van der Waals surface area contributed by atoms with Crippen LogP contribution < -0.4 is 0 Å². The molecule has 0 N–H and O–H groups in total. The van der Waals surface area contributed by atoms with E-state index in [0.717, 1.165) is 16.8 Å². The summed E-state index contributed by atoms with van der Waals surface area (Å²) in [7, 11) is 0. The van der Waals surface area contributed by atoms with Crippen molar-refractivity contribution in [2.45, 2.75) is 27.3 Å². The first-order chi connectivity index (χ1) is 13.3. The smallest absolute Gasteiger partial charge is 0.246 e. The lowest BCUT2D eigenvalue weighted by molar-refractivity contribution is -0.135. The molecule has 0 unspecified atom stereocenters. The van der Waals surface area contributed by atoms with Crippen molar-refractivity contribution in [3.05, 3.63) is 57.9 Å². The average molecular weight is 401 g/mol. The van der Waals surface area contributed by atoms with Gasteiger partial charge in [-0.15, -0.1) is 0 Å². The zero-order chi connectivity index (χ0) is 20.3. The second kappa shape index (κ2) is 8.61. The Balaban J connectivity index is 1.67. The molecule has 2 heterocycles. The van der Waals surface area contributed by atoms with Gasteiger partial charge < -0.3 is 9.80 Å². The summed E-state index contributed by atoms with van der Waals surface area (Å²) in [4.78, 5) is 27.4. The number of halogens is 1. The topological polar surface area (TPSA) is 58.4 Å². The normalized spacial score (nSPS) is 14.7. The molecule has 1 aliphatic rings. The molecule has 0 atom stereocenters. The number of amides is 2. The van der Waals surface area contributed by atoms with Gasteiger partial charge in [-0.2, -0.15) is 5.10 Å². The van der Waals surface area contributed by atoms with Crippen LogP contribution in [0.4, 0.5) is 0 Å². The zero-order valence-electron chi connectivity index (χ0n) is 16.5. The first-order valence-electron chi connectivity index (χ1n) is 9.36. The van der Waals surface area contributed by atoms with Crippen molar-refractivity contribution in [2.24, 2.45) is 0 Å². The highest BCUT2D eigenvalue weighted by atomic mass is 35.5. The van der Waals surface area contributed by atoms with E-state index in [9.17, 15) is 9.59 Å². The van der Waals surface area contributed by atoms with Crippen molar-refractivity contribution in [1.82, 2.24) is 19.6 Å². The van der Waals surface area contributed by atoms with Gasteiger partial charge in [0.05, 0.1) is 12.2 Å². The minimum Gasteiger partial charge on any atom is -0.339 e. The Morgan fingerprint density at radius 3 is 2.29 bits per heavy atom. The van der Waals surface area contributed by atoms with Gasteiger partial charge in [-0.3, -0.25) is 9.59 Å². The second-order valence-corrected chi connectivity index (χ2v) is 7.46. The highest BCUT2D eigenvalue weighted by Gasteiger charge is 2.21. The number of rotatable bonds is 4. The fourth-order valence-electron chi connectivity index (χ4n) is 3.23. The summed E-state index contributed by atoms with van der Waals surface area (Å²) >= 11 is 6.51. The SMILES string of the molecule is CC(=O)N1CCN(C(=O)/C=C/c2c(C)nn(Cc3ccc(C)cc3)c2Cl)CC1. The Morgan fingerprint density at radius 1 is 1.07 bits per heavy atom. The van der Waals surface area contributed by atoms with Gasteiger partial charge in [-0.05, 0) is 25.5 Å². The second-order valence-electron chi connectivity index (χ2n) is 7.10. The van der Waals surface area contributed by atoms with Gasteiger partial charge in [-0.1, -0.05) is 41.4 Å². The maximum atomic E-state index is 12.5. The predicted molar refractivity (Wildman–Crippen MR) is 110 cm³/mol. The Hall–Kier alpha value is -2.60. The number of aromatic nitrogens is 2. The van der Waals surface area contributed by atoms with Crippen molar-refractivity contribution >= 4 is 29.5 Å². The molecule has 1 fully saturated rings. The van der Waals surface area contributed by atoms with Crippen LogP contribution in [0.3, 0.4) is 0 Å². The molecule has 0 radical (unpaired) electrons. The van der Waals surface area contributed by atoms with Crippen LogP contribution >= 0.6 is 11.6 Å². The number of benzene rings is 1. The van der Waals surface area contributed by atoms with Gasteiger partial charge in [0, 0.05) is 44.7 Å². The Morgan fingerprint density at radius 2 is 1.68 bits per heavy atom. The predicted octanol–water partition coefficient (Wildman–Crippen LogP) is 2.91. The molecule has 1 aromatic heterocycles. The van der Waals surface area contributed by atoms with E-state index in [0.29, 0.717) is 37.9 Å². The number of carbonyl (C=O) groups is 2. The standard InChI is InChI=1S/C21H25ClN4O2/c1-15-4-6-18(7-5-15)14-26-21(22)19(16(2)23-26)8-9-20(28)25-12-10-24(11-13-25)17(3)27/h4-9H,10-14H2,1-3H3/b9-8+. The van der Waals surface area contributed by atoms with Crippen LogP contribution in [0, 0.1) is 13.8 Å². The molecule has 6 nitrogen and oxygen atoms in total. The summed E-state index contributed by atoms with van der Waals surface area (Å²) in [6, 6.07) is 8.24. The Kier molecular flexibility index (Phi) is 6.19. The molecular weight excluding hydrogens is 376 g/mol.